The molecule has 0 radical (unpaired) electrons. The van der Waals surface area contributed by atoms with Crippen molar-refractivity contribution in [1.82, 2.24) is 20.3 Å². The summed E-state index contributed by atoms with van der Waals surface area (Å²) in [6, 6.07) is 8.54. The Bertz CT molecular complexity index is 594. The van der Waals surface area contributed by atoms with E-state index in [1.807, 2.05) is 0 Å². The summed E-state index contributed by atoms with van der Waals surface area (Å²) >= 11 is 0. The Labute approximate surface area is 115 Å². The van der Waals surface area contributed by atoms with Crippen molar-refractivity contribution in [3.8, 4) is 0 Å². The van der Waals surface area contributed by atoms with Crippen molar-refractivity contribution in [1.29, 1.82) is 0 Å². The molecular weight excluding hydrogens is 258 g/mol. The molecule has 0 aliphatic carbocycles. The first-order valence-electron chi connectivity index (χ1n) is 6.17. The average Bonchev–Trinajstić information content (AvgIpc) is 2.87. The van der Waals surface area contributed by atoms with E-state index in [0.29, 0.717) is 18.5 Å². The highest BCUT2D eigenvalue weighted by Crippen LogP contribution is 1.98. The van der Waals surface area contributed by atoms with E-state index in [2.05, 4.69) is 15.6 Å². The number of benzene rings is 1. The van der Waals surface area contributed by atoms with Crippen LogP contribution >= 0.6 is 0 Å². The molecule has 2 aromatic rings. The number of aromatic nitrogens is 3. The van der Waals surface area contributed by atoms with Crippen LogP contribution in [0.2, 0.25) is 0 Å². The summed E-state index contributed by atoms with van der Waals surface area (Å²) in [5.41, 5.74) is 6.55. The topological polar surface area (TPSA) is 103 Å². The van der Waals surface area contributed by atoms with Crippen LogP contribution < -0.4 is 11.1 Å². The Morgan fingerprint density at radius 2 is 2.00 bits per heavy atom. The SMILES string of the molecule is NCCc1cn(CC(=O)NC(=O)c2ccccc2)nn1. The summed E-state index contributed by atoms with van der Waals surface area (Å²) in [5, 5.41) is 9.95. The number of amides is 2. The molecule has 0 aliphatic rings. The molecule has 7 heteroatoms. The first-order chi connectivity index (χ1) is 9.69. The van der Waals surface area contributed by atoms with Crippen LogP contribution in [0.15, 0.2) is 36.5 Å². The van der Waals surface area contributed by atoms with Gasteiger partial charge in [-0.25, -0.2) is 4.68 Å². The van der Waals surface area contributed by atoms with Crippen molar-refractivity contribution in [3.63, 3.8) is 0 Å². The van der Waals surface area contributed by atoms with Crippen molar-refractivity contribution in [2.75, 3.05) is 6.54 Å². The van der Waals surface area contributed by atoms with E-state index in [-0.39, 0.29) is 6.54 Å². The van der Waals surface area contributed by atoms with Gasteiger partial charge in [0.05, 0.1) is 5.69 Å². The third-order valence-corrected chi connectivity index (χ3v) is 2.58. The zero-order valence-corrected chi connectivity index (χ0v) is 10.8. The average molecular weight is 273 g/mol. The molecule has 0 aliphatic heterocycles. The Balaban J connectivity index is 1.90. The molecule has 0 fully saturated rings. The van der Waals surface area contributed by atoms with Gasteiger partial charge in [0.1, 0.15) is 6.54 Å². The predicted octanol–water partition coefficient (Wildman–Crippen LogP) is -0.264. The van der Waals surface area contributed by atoms with Crippen molar-refractivity contribution in [2.24, 2.45) is 5.73 Å². The van der Waals surface area contributed by atoms with Gasteiger partial charge < -0.3 is 5.73 Å². The molecule has 2 rings (SSSR count). The van der Waals surface area contributed by atoms with Gasteiger partial charge in [0.2, 0.25) is 5.91 Å². The standard InChI is InChI=1S/C13H15N5O2/c14-7-6-11-8-18(17-16-11)9-12(19)15-13(20)10-4-2-1-3-5-10/h1-5,8H,6-7,9,14H2,(H,15,19,20). The monoisotopic (exact) mass is 273 g/mol. The van der Waals surface area contributed by atoms with Gasteiger partial charge in [0.25, 0.3) is 5.91 Å². The Kier molecular flexibility index (Phi) is 4.56. The molecule has 104 valence electrons. The summed E-state index contributed by atoms with van der Waals surface area (Å²) < 4.78 is 1.37. The molecule has 1 heterocycles. The van der Waals surface area contributed by atoms with Crippen molar-refractivity contribution >= 4 is 11.8 Å². The van der Waals surface area contributed by atoms with Crippen LogP contribution in [0.4, 0.5) is 0 Å². The normalized spacial score (nSPS) is 10.2. The summed E-state index contributed by atoms with van der Waals surface area (Å²) in [6.07, 6.45) is 2.24. The number of carbonyl (C=O) groups excluding carboxylic acids is 2. The van der Waals surface area contributed by atoms with Crippen LogP contribution in [0, 0.1) is 0 Å². The van der Waals surface area contributed by atoms with Gasteiger partial charge in [0.15, 0.2) is 0 Å². The van der Waals surface area contributed by atoms with E-state index in [9.17, 15) is 9.59 Å². The van der Waals surface area contributed by atoms with E-state index in [1.165, 1.54) is 4.68 Å². The third kappa shape index (κ3) is 3.72. The molecule has 1 aromatic carbocycles. The highest BCUT2D eigenvalue weighted by molar-refractivity contribution is 6.04. The minimum atomic E-state index is -0.442. The lowest BCUT2D eigenvalue weighted by atomic mass is 10.2. The molecule has 3 N–H and O–H groups in total. The Morgan fingerprint density at radius 1 is 1.25 bits per heavy atom. The van der Waals surface area contributed by atoms with Crippen LogP contribution in [0.5, 0.6) is 0 Å². The lowest BCUT2D eigenvalue weighted by molar-refractivity contribution is -0.120. The molecule has 2 amide bonds. The maximum absolute atomic E-state index is 11.8. The second kappa shape index (κ2) is 6.58. The zero-order chi connectivity index (χ0) is 14.4. The number of hydrogen-bond acceptors (Lipinski definition) is 5. The molecule has 0 spiro atoms. The number of nitrogens with zero attached hydrogens (tertiary/aromatic N) is 3. The Morgan fingerprint density at radius 3 is 2.70 bits per heavy atom. The summed E-state index contributed by atoms with van der Waals surface area (Å²) in [6.45, 7) is 0.410. The number of nitrogens with one attached hydrogen (secondary N) is 1. The van der Waals surface area contributed by atoms with Crippen LogP contribution in [0.1, 0.15) is 16.1 Å². The molecule has 0 atom stereocenters. The van der Waals surface area contributed by atoms with Crippen LogP contribution in [0.25, 0.3) is 0 Å². The maximum atomic E-state index is 11.8. The fourth-order valence-corrected chi connectivity index (χ4v) is 1.65. The molecule has 0 saturated carbocycles. The maximum Gasteiger partial charge on any atom is 0.257 e. The van der Waals surface area contributed by atoms with Gasteiger partial charge in [-0.1, -0.05) is 23.4 Å². The third-order valence-electron chi connectivity index (χ3n) is 2.58. The van der Waals surface area contributed by atoms with E-state index >= 15 is 0 Å². The highest BCUT2D eigenvalue weighted by atomic mass is 16.2. The van der Waals surface area contributed by atoms with E-state index < -0.39 is 11.8 Å². The van der Waals surface area contributed by atoms with Gasteiger partial charge in [-0.05, 0) is 18.7 Å². The predicted molar refractivity (Wildman–Crippen MR) is 71.7 cm³/mol. The van der Waals surface area contributed by atoms with Gasteiger partial charge in [-0.15, -0.1) is 5.10 Å². The first kappa shape index (κ1) is 13.9. The van der Waals surface area contributed by atoms with Crippen molar-refractivity contribution in [2.45, 2.75) is 13.0 Å². The largest absolute Gasteiger partial charge is 0.330 e. The van der Waals surface area contributed by atoms with Crippen LogP contribution in [0.3, 0.4) is 0 Å². The quantitative estimate of drug-likeness (QED) is 0.781. The molecular formula is C13H15N5O2. The Hall–Kier alpha value is -2.54. The molecule has 0 saturated heterocycles. The number of rotatable bonds is 5. The zero-order valence-electron chi connectivity index (χ0n) is 10.8. The van der Waals surface area contributed by atoms with E-state index in [4.69, 9.17) is 5.73 Å². The molecule has 7 nitrogen and oxygen atoms in total. The minimum Gasteiger partial charge on any atom is -0.330 e. The summed E-state index contributed by atoms with van der Waals surface area (Å²) in [4.78, 5) is 23.5. The lowest BCUT2D eigenvalue weighted by Crippen LogP contribution is -2.33. The van der Waals surface area contributed by atoms with E-state index in [1.54, 1.807) is 36.5 Å². The summed E-state index contributed by atoms with van der Waals surface area (Å²) in [5.74, 6) is -0.874. The van der Waals surface area contributed by atoms with E-state index in [0.717, 1.165) is 5.69 Å². The van der Waals surface area contributed by atoms with Crippen molar-refractivity contribution in [3.05, 3.63) is 47.8 Å². The lowest BCUT2D eigenvalue weighted by Gasteiger charge is -2.03. The van der Waals surface area contributed by atoms with Gasteiger partial charge in [-0.2, -0.15) is 0 Å². The first-order valence-corrected chi connectivity index (χ1v) is 6.17. The number of nitrogens with two attached hydrogens (primary N) is 1. The van der Waals surface area contributed by atoms with Crippen LogP contribution in [-0.2, 0) is 17.8 Å². The second-order valence-corrected chi connectivity index (χ2v) is 4.19. The number of imide groups is 1. The minimum absolute atomic E-state index is 0.0594. The van der Waals surface area contributed by atoms with Crippen molar-refractivity contribution < 1.29 is 9.59 Å². The summed E-state index contributed by atoms with van der Waals surface area (Å²) in [7, 11) is 0. The molecule has 20 heavy (non-hydrogen) atoms. The van der Waals surface area contributed by atoms with Gasteiger partial charge in [-0.3, -0.25) is 14.9 Å². The molecule has 0 unspecified atom stereocenters. The molecule has 0 bridgehead atoms. The van der Waals surface area contributed by atoms with Gasteiger partial charge >= 0.3 is 0 Å². The second-order valence-electron chi connectivity index (χ2n) is 4.19. The fourth-order valence-electron chi connectivity index (χ4n) is 1.65. The fraction of sp³-hybridized carbons (Fsp3) is 0.231. The molecule has 1 aromatic heterocycles. The highest BCUT2D eigenvalue weighted by Gasteiger charge is 2.11. The smallest absolute Gasteiger partial charge is 0.257 e. The number of carbonyl (C=O) groups is 2. The van der Waals surface area contributed by atoms with Crippen LogP contribution in [-0.4, -0.2) is 33.4 Å². The van der Waals surface area contributed by atoms with Gasteiger partial charge in [0, 0.05) is 18.2 Å². The number of hydrogen-bond donors (Lipinski definition) is 2.